The first-order valence-corrected chi connectivity index (χ1v) is 4.56. The summed E-state index contributed by atoms with van der Waals surface area (Å²) >= 11 is 0. The number of halogens is 2. The molecule has 0 aliphatic carbocycles. The van der Waals surface area contributed by atoms with E-state index in [1.54, 1.807) is 6.07 Å². The molecular weight excluding hydrogens is 212 g/mol. The number of hydrogen-bond acceptors (Lipinski definition) is 2. The predicted octanol–water partition coefficient (Wildman–Crippen LogP) is 2.84. The number of hydrogen-bond donors (Lipinski definition) is 0. The third-order valence-electron chi connectivity index (χ3n) is 2.15. The Morgan fingerprint density at radius 2 is 1.81 bits per heavy atom. The Hall–Kier alpha value is -2.10. The van der Waals surface area contributed by atoms with Crippen LogP contribution in [0.15, 0.2) is 36.7 Å². The van der Waals surface area contributed by atoms with Crippen LogP contribution in [0.2, 0.25) is 0 Å². The number of rotatable bonds is 2. The summed E-state index contributed by atoms with van der Waals surface area (Å²) in [6, 6.07) is 5.11. The summed E-state index contributed by atoms with van der Waals surface area (Å²) in [5.41, 5.74) is 1.45. The number of pyridine rings is 1. The standard InChI is InChI=1S/C12H7F2NO/c13-11-2-1-9(4-12(11)14)10-3-8(7-16)5-15-6-10/h1-7H. The topological polar surface area (TPSA) is 30.0 Å². The zero-order valence-corrected chi connectivity index (χ0v) is 8.15. The molecule has 0 saturated carbocycles. The largest absolute Gasteiger partial charge is 0.298 e. The Morgan fingerprint density at radius 1 is 1.00 bits per heavy atom. The molecule has 4 heteroatoms. The maximum Gasteiger partial charge on any atom is 0.159 e. The molecule has 0 aliphatic heterocycles. The van der Waals surface area contributed by atoms with Crippen LogP contribution in [0.1, 0.15) is 10.4 Å². The normalized spacial score (nSPS) is 10.1. The monoisotopic (exact) mass is 219 g/mol. The molecule has 2 rings (SSSR count). The minimum Gasteiger partial charge on any atom is -0.298 e. The number of aromatic nitrogens is 1. The highest BCUT2D eigenvalue weighted by molar-refractivity contribution is 5.77. The Morgan fingerprint density at radius 3 is 2.50 bits per heavy atom. The number of aldehydes is 1. The fraction of sp³-hybridized carbons (Fsp3) is 0. The molecule has 80 valence electrons. The summed E-state index contributed by atoms with van der Waals surface area (Å²) in [6.07, 6.45) is 3.53. The third kappa shape index (κ3) is 1.95. The van der Waals surface area contributed by atoms with Crippen molar-refractivity contribution in [2.75, 3.05) is 0 Å². The summed E-state index contributed by atoms with van der Waals surface area (Å²) in [5.74, 6) is -1.82. The van der Waals surface area contributed by atoms with Gasteiger partial charge in [0.2, 0.25) is 0 Å². The van der Waals surface area contributed by atoms with Gasteiger partial charge in [-0.2, -0.15) is 0 Å². The third-order valence-corrected chi connectivity index (χ3v) is 2.15. The van der Waals surface area contributed by atoms with Crippen LogP contribution in [0.5, 0.6) is 0 Å². The molecular formula is C12H7F2NO. The van der Waals surface area contributed by atoms with Crippen molar-refractivity contribution >= 4 is 6.29 Å². The maximum absolute atomic E-state index is 13.0. The highest BCUT2D eigenvalue weighted by Crippen LogP contribution is 2.21. The fourth-order valence-electron chi connectivity index (χ4n) is 1.36. The first-order chi connectivity index (χ1) is 7.70. The summed E-state index contributed by atoms with van der Waals surface area (Å²) in [7, 11) is 0. The van der Waals surface area contributed by atoms with Crippen LogP contribution in [0.3, 0.4) is 0 Å². The summed E-state index contributed by atoms with van der Waals surface area (Å²) in [5, 5.41) is 0. The highest BCUT2D eigenvalue weighted by Gasteiger charge is 2.05. The van der Waals surface area contributed by atoms with E-state index in [4.69, 9.17) is 0 Å². The number of carbonyl (C=O) groups excluding carboxylic acids is 1. The highest BCUT2D eigenvalue weighted by atomic mass is 19.2. The summed E-state index contributed by atoms with van der Waals surface area (Å²) in [4.78, 5) is 14.4. The van der Waals surface area contributed by atoms with Crippen LogP contribution in [0, 0.1) is 11.6 Å². The van der Waals surface area contributed by atoms with Gasteiger partial charge in [0.05, 0.1) is 0 Å². The van der Waals surface area contributed by atoms with Gasteiger partial charge in [-0.3, -0.25) is 9.78 Å². The zero-order valence-electron chi connectivity index (χ0n) is 8.15. The van der Waals surface area contributed by atoms with Crippen molar-refractivity contribution in [2.45, 2.75) is 0 Å². The molecule has 0 fully saturated rings. The van der Waals surface area contributed by atoms with Gasteiger partial charge in [-0.05, 0) is 23.8 Å². The van der Waals surface area contributed by atoms with Gasteiger partial charge >= 0.3 is 0 Å². The predicted molar refractivity (Wildman–Crippen MR) is 55.0 cm³/mol. The molecule has 2 nitrogen and oxygen atoms in total. The molecule has 0 aliphatic rings. The first-order valence-electron chi connectivity index (χ1n) is 4.56. The lowest BCUT2D eigenvalue weighted by atomic mass is 10.1. The van der Waals surface area contributed by atoms with Crippen LogP contribution in [0.25, 0.3) is 11.1 Å². The van der Waals surface area contributed by atoms with Crippen molar-refractivity contribution in [2.24, 2.45) is 0 Å². The van der Waals surface area contributed by atoms with Crippen LogP contribution < -0.4 is 0 Å². The second kappa shape index (κ2) is 4.18. The summed E-state index contributed by atoms with van der Waals surface area (Å²) in [6.45, 7) is 0. The van der Waals surface area contributed by atoms with Crippen molar-refractivity contribution in [1.82, 2.24) is 4.98 Å². The molecule has 1 aromatic carbocycles. The smallest absolute Gasteiger partial charge is 0.159 e. The van der Waals surface area contributed by atoms with Gasteiger partial charge in [-0.1, -0.05) is 6.07 Å². The van der Waals surface area contributed by atoms with Gasteiger partial charge in [0.25, 0.3) is 0 Å². The molecule has 0 unspecified atom stereocenters. The van der Waals surface area contributed by atoms with E-state index in [0.29, 0.717) is 23.0 Å². The molecule has 0 N–H and O–H groups in total. The molecule has 0 saturated heterocycles. The molecule has 0 atom stereocenters. The molecule has 0 bridgehead atoms. The van der Waals surface area contributed by atoms with Crippen LogP contribution >= 0.6 is 0 Å². The second-order valence-electron chi connectivity index (χ2n) is 3.25. The lowest BCUT2D eigenvalue weighted by Crippen LogP contribution is -1.88. The maximum atomic E-state index is 13.0. The van der Waals surface area contributed by atoms with Gasteiger partial charge in [-0.15, -0.1) is 0 Å². The van der Waals surface area contributed by atoms with E-state index in [2.05, 4.69) is 4.98 Å². The Labute approximate surface area is 90.6 Å². The number of nitrogens with zero attached hydrogens (tertiary/aromatic N) is 1. The first kappa shape index (κ1) is 10.4. The van der Waals surface area contributed by atoms with Crippen LogP contribution in [-0.4, -0.2) is 11.3 Å². The molecule has 2 aromatic rings. The lowest BCUT2D eigenvalue weighted by molar-refractivity contribution is 0.112. The second-order valence-corrected chi connectivity index (χ2v) is 3.25. The van der Waals surface area contributed by atoms with E-state index >= 15 is 0 Å². The number of benzene rings is 1. The van der Waals surface area contributed by atoms with Gasteiger partial charge in [0.1, 0.15) is 0 Å². The number of carbonyl (C=O) groups is 1. The minimum absolute atomic E-state index is 0.391. The van der Waals surface area contributed by atoms with Gasteiger partial charge in [-0.25, -0.2) is 8.78 Å². The van der Waals surface area contributed by atoms with Crippen molar-refractivity contribution < 1.29 is 13.6 Å². The van der Waals surface area contributed by atoms with E-state index in [1.807, 2.05) is 0 Å². The lowest BCUT2D eigenvalue weighted by Gasteiger charge is -2.02. The van der Waals surface area contributed by atoms with E-state index in [1.165, 1.54) is 18.5 Å². The van der Waals surface area contributed by atoms with Crippen LogP contribution in [-0.2, 0) is 0 Å². The van der Waals surface area contributed by atoms with Crippen molar-refractivity contribution in [3.8, 4) is 11.1 Å². The molecule has 16 heavy (non-hydrogen) atoms. The van der Waals surface area contributed by atoms with E-state index < -0.39 is 11.6 Å². The zero-order chi connectivity index (χ0) is 11.5. The van der Waals surface area contributed by atoms with Crippen LogP contribution in [0.4, 0.5) is 8.78 Å². The summed E-state index contributed by atoms with van der Waals surface area (Å²) < 4.78 is 25.7. The van der Waals surface area contributed by atoms with Crippen molar-refractivity contribution in [3.63, 3.8) is 0 Å². The van der Waals surface area contributed by atoms with Crippen molar-refractivity contribution in [3.05, 3.63) is 53.9 Å². The average Bonchev–Trinajstić information content (AvgIpc) is 2.33. The van der Waals surface area contributed by atoms with E-state index in [0.717, 1.165) is 12.1 Å². The molecule has 1 aromatic heterocycles. The molecule has 1 heterocycles. The van der Waals surface area contributed by atoms with E-state index in [-0.39, 0.29) is 0 Å². The quantitative estimate of drug-likeness (QED) is 0.727. The Kier molecular flexibility index (Phi) is 2.72. The van der Waals surface area contributed by atoms with Crippen molar-refractivity contribution in [1.29, 1.82) is 0 Å². The molecule has 0 amide bonds. The fourth-order valence-corrected chi connectivity index (χ4v) is 1.36. The van der Waals surface area contributed by atoms with E-state index in [9.17, 15) is 13.6 Å². The van der Waals surface area contributed by atoms with Gasteiger partial charge in [0.15, 0.2) is 17.9 Å². The minimum atomic E-state index is -0.922. The average molecular weight is 219 g/mol. The Bertz CT molecular complexity index is 540. The van der Waals surface area contributed by atoms with Gasteiger partial charge < -0.3 is 0 Å². The molecule has 0 radical (unpaired) electrons. The Balaban J connectivity index is 2.49. The van der Waals surface area contributed by atoms with Gasteiger partial charge in [0, 0.05) is 23.5 Å². The SMILES string of the molecule is O=Cc1cncc(-c2ccc(F)c(F)c2)c1. The molecule has 0 spiro atoms.